The van der Waals surface area contributed by atoms with Crippen LogP contribution in [0.3, 0.4) is 0 Å². The van der Waals surface area contributed by atoms with Crippen LogP contribution in [0.1, 0.15) is 55.5 Å². The van der Waals surface area contributed by atoms with Crippen LogP contribution < -0.4 is 10.6 Å². The van der Waals surface area contributed by atoms with Crippen LogP contribution in [0.5, 0.6) is 0 Å². The van der Waals surface area contributed by atoms with E-state index < -0.39 is 0 Å². The standard InChI is InChI=1S/C15H23N3O2/c1-10(2)9-17-13(19)11-6-7-16-12(8-11)14(20)18-15(3,4)5/h6-8,10H,9H2,1-5H3,(H,17,19)(H,18,20). The summed E-state index contributed by atoms with van der Waals surface area (Å²) in [5.41, 5.74) is 0.353. The summed E-state index contributed by atoms with van der Waals surface area (Å²) in [5.74, 6) is -0.0913. The van der Waals surface area contributed by atoms with Crippen LogP contribution in [0.15, 0.2) is 18.3 Å². The van der Waals surface area contributed by atoms with Crippen molar-refractivity contribution in [1.29, 1.82) is 0 Å². The largest absolute Gasteiger partial charge is 0.352 e. The summed E-state index contributed by atoms with van der Waals surface area (Å²) < 4.78 is 0. The fraction of sp³-hybridized carbons (Fsp3) is 0.533. The minimum absolute atomic E-state index is 0.189. The van der Waals surface area contributed by atoms with Gasteiger partial charge in [0.2, 0.25) is 0 Å². The molecule has 0 spiro atoms. The van der Waals surface area contributed by atoms with Crippen molar-refractivity contribution in [1.82, 2.24) is 15.6 Å². The molecular weight excluding hydrogens is 254 g/mol. The molecule has 1 rings (SSSR count). The Kier molecular flexibility index (Phi) is 5.25. The number of rotatable bonds is 4. The zero-order valence-corrected chi connectivity index (χ0v) is 12.8. The van der Waals surface area contributed by atoms with Crippen LogP contribution in [0.2, 0.25) is 0 Å². The summed E-state index contributed by atoms with van der Waals surface area (Å²) in [4.78, 5) is 27.9. The zero-order valence-electron chi connectivity index (χ0n) is 12.8. The fourth-order valence-electron chi connectivity index (χ4n) is 1.50. The third-order valence-electron chi connectivity index (χ3n) is 2.41. The first-order chi connectivity index (χ1) is 9.19. The van der Waals surface area contributed by atoms with Gasteiger partial charge < -0.3 is 10.6 Å². The first-order valence-corrected chi connectivity index (χ1v) is 6.76. The van der Waals surface area contributed by atoms with Gasteiger partial charge in [-0.1, -0.05) is 13.8 Å². The van der Waals surface area contributed by atoms with Gasteiger partial charge in [-0.25, -0.2) is 0 Å². The van der Waals surface area contributed by atoms with Crippen molar-refractivity contribution in [3.8, 4) is 0 Å². The fourth-order valence-corrected chi connectivity index (χ4v) is 1.50. The van der Waals surface area contributed by atoms with Crippen LogP contribution in [-0.4, -0.2) is 28.9 Å². The Bertz CT molecular complexity index is 490. The number of amides is 2. The molecular formula is C15H23N3O2. The molecule has 0 saturated carbocycles. The molecule has 2 N–H and O–H groups in total. The number of aromatic nitrogens is 1. The second kappa shape index (κ2) is 6.50. The molecule has 0 fully saturated rings. The lowest BCUT2D eigenvalue weighted by molar-refractivity contribution is 0.0914. The highest BCUT2D eigenvalue weighted by molar-refractivity contribution is 5.98. The van der Waals surface area contributed by atoms with E-state index in [2.05, 4.69) is 15.6 Å². The number of carbonyl (C=O) groups is 2. The molecule has 1 aromatic rings. The first-order valence-electron chi connectivity index (χ1n) is 6.76. The van der Waals surface area contributed by atoms with Crippen molar-refractivity contribution in [2.24, 2.45) is 5.92 Å². The minimum Gasteiger partial charge on any atom is -0.352 e. The van der Waals surface area contributed by atoms with Crippen LogP contribution in [0, 0.1) is 5.92 Å². The third-order valence-corrected chi connectivity index (χ3v) is 2.41. The van der Waals surface area contributed by atoms with E-state index in [0.717, 1.165) is 0 Å². The van der Waals surface area contributed by atoms with Crippen molar-refractivity contribution >= 4 is 11.8 Å². The van der Waals surface area contributed by atoms with Gasteiger partial charge in [0.05, 0.1) is 0 Å². The Morgan fingerprint density at radius 3 is 2.45 bits per heavy atom. The van der Waals surface area contributed by atoms with Gasteiger partial charge in [-0.05, 0) is 38.8 Å². The Hall–Kier alpha value is -1.91. The van der Waals surface area contributed by atoms with E-state index in [1.165, 1.54) is 12.3 Å². The summed E-state index contributed by atoms with van der Waals surface area (Å²) in [7, 11) is 0. The predicted octanol–water partition coefficient (Wildman–Crippen LogP) is 2.00. The molecule has 0 saturated heterocycles. The maximum Gasteiger partial charge on any atom is 0.270 e. The summed E-state index contributed by atoms with van der Waals surface area (Å²) in [6.07, 6.45) is 1.47. The second-order valence-corrected chi connectivity index (χ2v) is 6.24. The Morgan fingerprint density at radius 1 is 1.25 bits per heavy atom. The van der Waals surface area contributed by atoms with Crippen molar-refractivity contribution in [2.45, 2.75) is 40.2 Å². The Labute approximate surface area is 120 Å². The SMILES string of the molecule is CC(C)CNC(=O)c1ccnc(C(=O)NC(C)(C)C)c1. The number of pyridine rings is 1. The maximum absolute atomic E-state index is 12.0. The van der Waals surface area contributed by atoms with Gasteiger partial charge in [0.25, 0.3) is 11.8 Å². The van der Waals surface area contributed by atoms with Crippen LogP contribution in [0.4, 0.5) is 0 Å². The number of nitrogens with zero attached hydrogens (tertiary/aromatic N) is 1. The number of hydrogen-bond acceptors (Lipinski definition) is 3. The molecule has 1 aromatic heterocycles. The molecule has 0 atom stereocenters. The highest BCUT2D eigenvalue weighted by Crippen LogP contribution is 2.06. The van der Waals surface area contributed by atoms with Crippen LogP contribution >= 0.6 is 0 Å². The van der Waals surface area contributed by atoms with Crippen LogP contribution in [0.25, 0.3) is 0 Å². The van der Waals surface area contributed by atoms with Crippen molar-refractivity contribution in [2.75, 3.05) is 6.54 Å². The quantitative estimate of drug-likeness (QED) is 0.884. The molecule has 0 radical (unpaired) electrons. The van der Waals surface area contributed by atoms with E-state index in [0.29, 0.717) is 18.0 Å². The van der Waals surface area contributed by atoms with E-state index in [1.54, 1.807) is 6.07 Å². The Balaban J connectivity index is 2.80. The predicted molar refractivity (Wildman–Crippen MR) is 78.6 cm³/mol. The highest BCUT2D eigenvalue weighted by atomic mass is 16.2. The summed E-state index contributed by atoms with van der Waals surface area (Å²) in [5, 5.41) is 5.63. The number of hydrogen-bond donors (Lipinski definition) is 2. The van der Waals surface area contributed by atoms with Gasteiger partial charge in [0, 0.05) is 23.8 Å². The number of carbonyl (C=O) groups excluding carboxylic acids is 2. The summed E-state index contributed by atoms with van der Waals surface area (Å²) in [6, 6.07) is 3.11. The molecule has 110 valence electrons. The van der Waals surface area contributed by atoms with E-state index >= 15 is 0 Å². The van der Waals surface area contributed by atoms with E-state index in [9.17, 15) is 9.59 Å². The van der Waals surface area contributed by atoms with E-state index in [1.807, 2.05) is 34.6 Å². The van der Waals surface area contributed by atoms with Crippen molar-refractivity contribution in [3.63, 3.8) is 0 Å². The second-order valence-electron chi connectivity index (χ2n) is 6.24. The highest BCUT2D eigenvalue weighted by Gasteiger charge is 2.17. The van der Waals surface area contributed by atoms with Gasteiger partial charge in [0.1, 0.15) is 5.69 Å². The lowest BCUT2D eigenvalue weighted by Gasteiger charge is -2.20. The van der Waals surface area contributed by atoms with Gasteiger partial charge in [-0.3, -0.25) is 14.6 Å². The molecule has 0 unspecified atom stereocenters. The first kappa shape index (κ1) is 16.1. The smallest absolute Gasteiger partial charge is 0.270 e. The molecule has 0 aliphatic rings. The third kappa shape index (κ3) is 5.38. The minimum atomic E-state index is -0.339. The molecule has 0 aliphatic heterocycles. The Morgan fingerprint density at radius 2 is 1.90 bits per heavy atom. The molecule has 0 aliphatic carbocycles. The molecule has 5 heteroatoms. The number of nitrogens with one attached hydrogen (secondary N) is 2. The molecule has 1 heterocycles. The average molecular weight is 277 g/mol. The van der Waals surface area contributed by atoms with Crippen molar-refractivity contribution < 1.29 is 9.59 Å². The summed E-state index contributed by atoms with van der Waals surface area (Å²) in [6.45, 7) is 10.3. The average Bonchev–Trinajstić information content (AvgIpc) is 2.34. The van der Waals surface area contributed by atoms with E-state index in [-0.39, 0.29) is 23.0 Å². The lowest BCUT2D eigenvalue weighted by atomic mass is 10.1. The van der Waals surface area contributed by atoms with Crippen LogP contribution in [-0.2, 0) is 0 Å². The van der Waals surface area contributed by atoms with Gasteiger partial charge >= 0.3 is 0 Å². The van der Waals surface area contributed by atoms with Gasteiger partial charge in [-0.2, -0.15) is 0 Å². The monoisotopic (exact) mass is 277 g/mol. The normalized spacial score (nSPS) is 11.3. The van der Waals surface area contributed by atoms with Gasteiger partial charge in [0.15, 0.2) is 0 Å². The lowest BCUT2D eigenvalue weighted by Crippen LogP contribution is -2.41. The molecule has 20 heavy (non-hydrogen) atoms. The molecule has 0 bridgehead atoms. The molecule has 0 aromatic carbocycles. The summed E-state index contributed by atoms with van der Waals surface area (Å²) >= 11 is 0. The molecule has 2 amide bonds. The van der Waals surface area contributed by atoms with Crippen molar-refractivity contribution in [3.05, 3.63) is 29.6 Å². The zero-order chi connectivity index (χ0) is 15.3. The maximum atomic E-state index is 12.0. The van der Waals surface area contributed by atoms with E-state index in [4.69, 9.17) is 0 Å². The molecule has 5 nitrogen and oxygen atoms in total. The van der Waals surface area contributed by atoms with Gasteiger partial charge in [-0.15, -0.1) is 0 Å². The topological polar surface area (TPSA) is 71.1 Å².